The van der Waals surface area contributed by atoms with Gasteiger partial charge in [0.2, 0.25) is 0 Å². The quantitative estimate of drug-likeness (QED) is 0.647. The van der Waals surface area contributed by atoms with Crippen molar-refractivity contribution >= 4 is 20.5 Å². The molecule has 0 aromatic heterocycles. The lowest BCUT2D eigenvalue weighted by molar-refractivity contribution is 0.226. The molecule has 0 bridgehead atoms. The molecule has 1 N–H and O–H groups in total. The normalized spacial score (nSPS) is 14.5. The Hall–Kier alpha value is -0.680. The molecule has 1 aromatic rings. The summed E-state index contributed by atoms with van der Waals surface area (Å²) in [6, 6.07) is 6.40. The van der Waals surface area contributed by atoms with Crippen LogP contribution in [0.2, 0.25) is 0 Å². The van der Waals surface area contributed by atoms with E-state index in [4.69, 9.17) is 18.3 Å². The van der Waals surface area contributed by atoms with Crippen LogP contribution < -0.4 is 10.0 Å². The van der Waals surface area contributed by atoms with Gasteiger partial charge in [0.15, 0.2) is 6.35 Å². The van der Waals surface area contributed by atoms with Crippen molar-refractivity contribution in [3.63, 3.8) is 0 Å². The summed E-state index contributed by atoms with van der Waals surface area (Å²) in [5.74, 6) is 0.168. The Morgan fingerprint density at radius 2 is 1.50 bits per heavy atom. The van der Waals surface area contributed by atoms with Crippen LogP contribution >= 0.6 is 15.2 Å². The molecule has 0 radical (unpaired) electrons. The smallest absolute Gasteiger partial charge is 0.365 e. The van der Waals surface area contributed by atoms with Gasteiger partial charge in [0.1, 0.15) is 11.1 Å². The van der Waals surface area contributed by atoms with Crippen molar-refractivity contribution in [3.05, 3.63) is 24.3 Å². The van der Waals surface area contributed by atoms with Crippen LogP contribution in [-0.2, 0) is 22.7 Å². The molecule has 0 spiro atoms. The van der Waals surface area contributed by atoms with Crippen LogP contribution in [0, 0.1) is 0 Å². The van der Waals surface area contributed by atoms with Crippen molar-refractivity contribution in [1.82, 2.24) is 0 Å². The molecule has 7 nitrogen and oxygen atoms in total. The molecule has 0 aliphatic rings. The van der Waals surface area contributed by atoms with E-state index in [1.165, 1.54) is 6.07 Å². The third-order valence-electron chi connectivity index (χ3n) is 2.47. The first-order chi connectivity index (χ1) is 10.4. The van der Waals surface area contributed by atoms with Crippen LogP contribution in [0.3, 0.4) is 0 Å². The Labute approximate surface area is 130 Å². The lowest BCUT2D eigenvalue weighted by Crippen LogP contribution is -2.15. The van der Waals surface area contributed by atoms with Crippen LogP contribution in [0.5, 0.6) is 5.75 Å². The zero-order valence-electron chi connectivity index (χ0n) is 12.9. The van der Waals surface area contributed by atoms with Gasteiger partial charge in [-0.3, -0.25) is 9.13 Å². The van der Waals surface area contributed by atoms with E-state index in [0.717, 1.165) is 0 Å². The summed E-state index contributed by atoms with van der Waals surface area (Å²) in [4.78, 5) is 9.55. The zero-order valence-corrected chi connectivity index (χ0v) is 14.7. The average Bonchev–Trinajstić information content (AvgIpc) is 2.46. The highest BCUT2D eigenvalue weighted by atomic mass is 31.2. The Balaban J connectivity index is 3.03. The first-order valence-corrected chi connectivity index (χ1v) is 10.3. The van der Waals surface area contributed by atoms with Gasteiger partial charge in [-0.2, -0.15) is 0 Å². The molecule has 1 atom stereocenters. The van der Waals surface area contributed by atoms with E-state index in [2.05, 4.69) is 0 Å². The van der Waals surface area contributed by atoms with Gasteiger partial charge >= 0.3 is 15.2 Å². The predicted octanol–water partition coefficient (Wildman–Crippen LogP) is 3.14. The molecular formula is C13H22O7P2. The van der Waals surface area contributed by atoms with E-state index in [1.54, 1.807) is 39.0 Å². The van der Waals surface area contributed by atoms with Gasteiger partial charge in [0.25, 0.3) is 0 Å². The number of benzene rings is 1. The molecule has 0 saturated heterocycles. The van der Waals surface area contributed by atoms with Crippen LogP contribution in [0.1, 0.15) is 20.8 Å². The van der Waals surface area contributed by atoms with Gasteiger partial charge in [-0.05, 0) is 32.9 Å². The van der Waals surface area contributed by atoms with E-state index >= 15 is 0 Å². The highest BCUT2D eigenvalue weighted by Crippen LogP contribution is 2.50. The Kier molecular flexibility index (Phi) is 7.77. The molecule has 9 heteroatoms. The fraction of sp³-hybridized carbons (Fsp3) is 0.538. The fourth-order valence-corrected chi connectivity index (χ4v) is 4.20. The van der Waals surface area contributed by atoms with E-state index in [9.17, 15) is 14.0 Å². The van der Waals surface area contributed by atoms with Crippen molar-refractivity contribution in [2.75, 3.05) is 26.2 Å². The molecule has 0 aliphatic carbocycles. The third kappa shape index (κ3) is 5.51. The zero-order chi connectivity index (χ0) is 16.6. The number of ether oxygens (including phenoxy) is 1. The summed E-state index contributed by atoms with van der Waals surface area (Å²) in [5, 5.41) is 0.218. The second kappa shape index (κ2) is 8.82. The molecule has 126 valence electrons. The van der Waals surface area contributed by atoms with Crippen LogP contribution in [0.4, 0.5) is 0 Å². The summed E-state index contributed by atoms with van der Waals surface area (Å²) in [7, 11) is -7.40. The first-order valence-electron chi connectivity index (χ1n) is 6.96. The second-order valence-electron chi connectivity index (χ2n) is 4.13. The molecule has 0 fully saturated rings. The minimum absolute atomic E-state index is 0.0924. The fourth-order valence-electron chi connectivity index (χ4n) is 1.71. The summed E-state index contributed by atoms with van der Waals surface area (Å²) < 4.78 is 45.1. The molecule has 1 aromatic carbocycles. The molecule has 0 aliphatic heterocycles. The summed E-state index contributed by atoms with van der Waals surface area (Å²) >= 11 is 0. The predicted molar refractivity (Wildman–Crippen MR) is 83.9 cm³/mol. The largest absolute Gasteiger partial charge is 0.480 e. The number of hydrogen-bond acceptors (Lipinski definition) is 6. The van der Waals surface area contributed by atoms with E-state index in [1.807, 2.05) is 0 Å². The standard InChI is InChI=1S/C13H22O7P2/c1-4-18-21(14,15)11-17-12-9-7-8-10-13(12)22(16,19-5-2)20-6-3/h7-10H,4-6,11H2,1-3H3,(H,14,15). The Morgan fingerprint density at radius 1 is 0.955 bits per heavy atom. The maximum Gasteiger partial charge on any atom is 0.365 e. The molecule has 0 heterocycles. The minimum atomic E-state index is -3.85. The van der Waals surface area contributed by atoms with Crippen LogP contribution in [0.25, 0.3) is 0 Å². The molecule has 0 saturated carbocycles. The van der Waals surface area contributed by atoms with Gasteiger partial charge in [-0.25, -0.2) is 0 Å². The molecule has 22 heavy (non-hydrogen) atoms. The van der Waals surface area contributed by atoms with Crippen molar-refractivity contribution in [2.24, 2.45) is 0 Å². The summed E-state index contributed by atoms with van der Waals surface area (Å²) in [6.45, 7) is 5.49. The van der Waals surface area contributed by atoms with Gasteiger partial charge in [-0.1, -0.05) is 12.1 Å². The molecule has 1 rings (SSSR count). The monoisotopic (exact) mass is 352 g/mol. The Bertz CT molecular complexity index is 551. The van der Waals surface area contributed by atoms with Gasteiger partial charge in [0.05, 0.1) is 19.8 Å². The maximum atomic E-state index is 12.8. The third-order valence-corrected chi connectivity index (χ3v) is 5.75. The number of para-hydroxylation sites is 1. The summed E-state index contributed by atoms with van der Waals surface area (Å²) in [6.07, 6.45) is -0.546. The Morgan fingerprint density at radius 3 is 2.05 bits per heavy atom. The minimum Gasteiger partial charge on any atom is -0.480 e. The topological polar surface area (TPSA) is 91.3 Å². The molecule has 1 unspecified atom stereocenters. The first kappa shape index (κ1) is 19.4. The van der Waals surface area contributed by atoms with E-state index < -0.39 is 21.5 Å². The maximum absolute atomic E-state index is 12.8. The van der Waals surface area contributed by atoms with Gasteiger partial charge in [0, 0.05) is 0 Å². The van der Waals surface area contributed by atoms with E-state index in [-0.39, 0.29) is 30.9 Å². The van der Waals surface area contributed by atoms with Crippen molar-refractivity contribution < 1.29 is 32.3 Å². The van der Waals surface area contributed by atoms with E-state index in [0.29, 0.717) is 0 Å². The summed E-state index contributed by atoms with van der Waals surface area (Å²) in [5.41, 5.74) is 0. The van der Waals surface area contributed by atoms with Crippen molar-refractivity contribution in [2.45, 2.75) is 20.8 Å². The highest BCUT2D eigenvalue weighted by molar-refractivity contribution is 7.62. The van der Waals surface area contributed by atoms with Crippen molar-refractivity contribution in [1.29, 1.82) is 0 Å². The van der Waals surface area contributed by atoms with Crippen molar-refractivity contribution in [3.8, 4) is 5.75 Å². The average molecular weight is 352 g/mol. The van der Waals surface area contributed by atoms with Gasteiger partial charge < -0.3 is 23.2 Å². The second-order valence-corrected chi connectivity index (χ2v) is 7.91. The highest BCUT2D eigenvalue weighted by Gasteiger charge is 2.31. The van der Waals surface area contributed by atoms with Crippen LogP contribution in [-0.4, -0.2) is 31.1 Å². The molecule has 0 amide bonds. The van der Waals surface area contributed by atoms with Gasteiger partial charge in [-0.15, -0.1) is 0 Å². The lowest BCUT2D eigenvalue weighted by atomic mass is 10.3. The lowest BCUT2D eigenvalue weighted by Gasteiger charge is -2.20. The number of rotatable bonds is 10. The number of hydrogen-bond donors (Lipinski definition) is 1. The van der Waals surface area contributed by atoms with Crippen LogP contribution in [0.15, 0.2) is 24.3 Å². The molecular weight excluding hydrogens is 330 g/mol. The SMILES string of the molecule is CCOP(=O)(O)COc1ccccc1P(=O)(OCC)OCC.